The van der Waals surface area contributed by atoms with Crippen LogP contribution in [0.2, 0.25) is 0 Å². The molecule has 0 fully saturated rings. The third-order valence-corrected chi connectivity index (χ3v) is 3.00. The second-order valence-electron chi connectivity index (χ2n) is 4.64. The number of carboxylic acids is 1. The van der Waals surface area contributed by atoms with Gasteiger partial charge < -0.3 is 5.11 Å². The van der Waals surface area contributed by atoms with E-state index in [2.05, 4.69) is 9.97 Å². The molecule has 102 valence electrons. The van der Waals surface area contributed by atoms with Crippen LogP contribution >= 0.6 is 0 Å². The lowest BCUT2D eigenvalue weighted by Gasteiger charge is -2.15. The topological polar surface area (TPSA) is 70.7 Å². The fourth-order valence-electron chi connectivity index (χ4n) is 2.09. The molecule has 0 aromatic carbocycles. The van der Waals surface area contributed by atoms with E-state index >= 15 is 0 Å². The van der Waals surface area contributed by atoms with Crippen LogP contribution in [-0.2, 0) is 11.3 Å². The van der Waals surface area contributed by atoms with Crippen LogP contribution in [0.15, 0.2) is 12.3 Å². The summed E-state index contributed by atoms with van der Waals surface area (Å²) in [6.45, 7) is 7.09. The molecule has 6 heteroatoms. The van der Waals surface area contributed by atoms with Gasteiger partial charge in [-0.05, 0) is 26.5 Å². The van der Waals surface area contributed by atoms with Crippen molar-refractivity contribution in [1.82, 2.24) is 19.3 Å². The Bertz CT molecular complexity index is 606. The Morgan fingerprint density at radius 2 is 2.16 bits per heavy atom. The maximum absolute atomic E-state index is 10.8. The fourth-order valence-corrected chi connectivity index (χ4v) is 2.09. The van der Waals surface area contributed by atoms with Crippen molar-refractivity contribution in [1.29, 1.82) is 0 Å². The zero-order valence-electron chi connectivity index (χ0n) is 11.4. The van der Waals surface area contributed by atoms with E-state index < -0.39 is 5.97 Å². The van der Waals surface area contributed by atoms with Crippen LogP contribution in [0.4, 0.5) is 0 Å². The van der Waals surface area contributed by atoms with Crippen LogP contribution in [0, 0.1) is 13.8 Å². The summed E-state index contributed by atoms with van der Waals surface area (Å²) in [7, 11) is 0. The van der Waals surface area contributed by atoms with E-state index in [1.807, 2.05) is 42.3 Å². The lowest BCUT2D eigenvalue weighted by molar-refractivity contribution is -0.138. The van der Waals surface area contributed by atoms with Gasteiger partial charge in [0.1, 0.15) is 0 Å². The number of carbonyl (C=O) groups is 1. The van der Waals surface area contributed by atoms with Gasteiger partial charge in [-0.2, -0.15) is 0 Å². The Labute approximate surface area is 111 Å². The third-order valence-electron chi connectivity index (χ3n) is 3.00. The van der Waals surface area contributed by atoms with Crippen LogP contribution in [0.3, 0.4) is 0 Å². The van der Waals surface area contributed by atoms with Gasteiger partial charge in [-0.25, -0.2) is 9.97 Å². The van der Waals surface area contributed by atoms with Gasteiger partial charge in [0.05, 0.1) is 12.2 Å². The molecule has 2 rings (SSSR count). The molecule has 0 saturated heterocycles. The number of hydrogen-bond donors (Lipinski definition) is 1. The molecule has 6 nitrogen and oxygen atoms in total. The highest BCUT2D eigenvalue weighted by molar-refractivity contribution is 5.69. The standard InChI is InChI=1S/C13H18N4O2/c1-4-16(8-12(18)19)6-11-7-17-10(3)5-9(2)14-13(17)15-11/h5,7H,4,6,8H2,1-3H3,(H,18,19). The van der Waals surface area contributed by atoms with Gasteiger partial charge in [0.2, 0.25) is 5.78 Å². The molecule has 2 aromatic rings. The number of imidazole rings is 1. The number of aryl methyl sites for hydroxylation is 2. The average molecular weight is 262 g/mol. The zero-order chi connectivity index (χ0) is 14.0. The van der Waals surface area contributed by atoms with Crippen molar-refractivity contribution >= 4 is 11.7 Å². The molecule has 1 N–H and O–H groups in total. The first kappa shape index (κ1) is 13.5. The number of hydrogen-bond acceptors (Lipinski definition) is 4. The molecule has 0 aliphatic carbocycles. The van der Waals surface area contributed by atoms with E-state index in [0.29, 0.717) is 18.9 Å². The normalized spacial score (nSPS) is 11.4. The summed E-state index contributed by atoms with van der Waals surface area (Å²) in [6.07, 6.45) is 1.92. The summed E-state index contributed by atoms with van der Waals surface area (Å²) in [5.41, 5.74) is 2.84. The maximum atomic E-state index is 10.8. The highest BCUT2D eigenvalue weighted by atomic mass is 16.4. The Kier molecular flexibility index (Phi) is 3.80. The Balaban J connectivity index is 2.26. The molecule has 2 aromatic heterocycles. The van der Waals surface area contributed by atoms with Crippen LogP contribution < -0.4 is 0 Å². The van der Waals surface area contributed by atoms with Crippen LogP contribution in [-0.4, -0.2) is 43.4 Å². The minimum Gasteiger partial charge on any atom is -0.480 e. The molecule has 0 aliphatic heterocycles. The minimum absolute atomic E-state index is 0.0236. The molecular formula is C13H18N4O2. The van der Waals surface area contributed by atoms with E-state index in [9.17, 15) is 4.79 Å². The van der Waals surface area contributed by atoms with Crippen molar-refractivity contribution in [2.75, 3.05) is 13.1 Å². The summed E-state index contributed by atoms with van der Waals surface area (Å²) in [6, 6.07) is 1.99. The number of rotatable bonds is 5. The molecule has 0 unspecified atom stereocenters. The fraction of sp³-hybridized carbons (Fsp3) is 0.462. The Morgan fingerprint density at radius 3 is 2.79 bits per heavy atom. The molecule has 19 heavy (non-hydrogen) atoms. The Morgan fingerprint density at radius 1 is 1.42 bits per heavy atom. The summed E-state index contributed by atoms with van der Waals surface area (Å²) in [4.78, 5) is 21.4. The molecule has 0 radical (unpaired) electrons. The van der Waals surface area contributed by atoms with Crippen molar-refractivity contribution in [3.8, 4) is 0 Å². The highest BCUT2D eigenvalue weighted by Crippen LogP contribution is 2.10. The first-order valence-electron chi connectivity index (χ1n) is 6.26. The number of aliphatic carboxylic acids is 1. The molecule has 0 spiro atoms. The third kappa shape index (κ3) is 3.08. The van der Waals surface area contributed by atoms with Crippen LogP contribution in [0.1, 0.15) is 24.0 Å². The maximum Gasteiger partial charge on any atom is 0.317 e. The molecule has 0 aliphatic rings. The minimum atomic E-state index is -0.823. The number of likely N-dealkylation sites (N-methyl/N-ethyl adjacent to an activating group) is 1. The number of carboxylic acid groups (broad SMARTS) is 1. The van der Waals surface area contributed by atoms with Gasteiger partial charge in [-0.1, -0.05) is 6.92 Å². The van der Waals surface area contributed by atoms with Crippen molar-refractivity contribution in [2.24, 2.45) is 0 Å². The Hall–Kier alpha value is -1.95. The molecular weight excluding hydrogens is 244 g/mol. The van der Waals surface area contributed by atoms with Crippen molar-refractivity contribution in [3.63, 3.8) is 0 Å². The van der Waals surface area contributed by atoms with Gasteiger partial charge in [0, 0.05) is 24.1 Å². The molecule has 2 heterocycles. The zero-order valence-corrected chi connectivity index (χ0v) is 11.4. The second-order valence-corrected chi connectivity index (χ2v) is 4.64. The van der Waals surface area contributed by atoms with Gasteiger partial charge in [0.15, 0.2) is 0 Å². The highest BCUT2D eigenvalue weighted by Gasteiger charge is 2.12. The van der Waals surface area contributed by atoms with E-state index in [1.54, 1.807) is 0 Å². The lowest BCUT2D eigenvalue weighted by atomic mass is 10.3. The predicted molar refractivity (Wildman–Crippen MR) is 71.0 cm³/mol. The summed E-state index contributed by atoms with van der Waals surface area (Å²) < 4.78 is 1.93. The average Bonchev–Trinajstić information content (AvgIpc) is 2.70. The largest absolute Gasteiger partial charge is 0.480 e. The van der Waals surface area contributed by atoms with Gasteiger partial charge in [0.25, 0.3) is 0 Å². The van der Waals surface area contributed by atoms with E-state index in [1.165, 1.54) is 0 Å². The van der Waals surface area contributed by atoms with Crippen molar-refractivity contribution in [3.05, 3.63) is 29.3 Å². The van der Waals surface area contributed by atoms with Gasteiger partial charge in [-0.3, -0.25) is 14.1 Å². The molecule has 0 atom stereocenters. The first-order valence-corrected chi connectivity index (χ1v) is 6.26. The van der Waals surface area contributed by atoms with Crippen molar-refractivity contribution < 1.29 is 9.90 Å². The van der Waals surface area contributed by atoms with E-state index in [0.717, 1.165) is 17.1 Å². The molecule has 0 saturated carbocycles. The predicted octanol–water partition coefficient (Wildman–Crippen LogP) is 1.25. The van der Waals surface area contributed by atoms with E-state index in [4.69, 9.17) is 5.11 Å². The molecule has 0 bridgehead atoms. The number of nitrogens with zero attached hydrogens (tertiary/aromatic N) is 4. The summed E-state index contributed by atoms with van der Waals surface area (Å²) in [5, 5.41) is 8.83. The SMILES string of the molecule is CCN(CC(=O)O)Cc1cn2c(C)cc(C)nc2n1. The van der Waals surface area contributed by atoms with E-state index in [-0.39, 0.29) is 6.54 Å². The number of fused-ring (bicyclic) bond motifs is 1. The van der Waals surface area contributed by atoms with Crippen LogP contribution in [0.25, 0.3) is 5.78 Å². The monoisotopic (exact) mass is 262 g/mol. The van der Waals surface area contributed by atoms with Gasteiger partial charge in [-0.15, -0.1) is 0 Å². The first-order chi connectivity index (χ1) is 8.99. The van der Waals surface area contributed by atoms with Crippen molar-refractivity contribution in [2.45, 2.75) is 27.3 Å². The smallest absolute Gasteiger partial charge is 0.317 e. The quantitative estimate of drug-likeness (QED) is 0.878. The van der Waals surface area contributed by atoms with Gasteiger partial charge >= 0.3 is 5.97 Å². The van der Waals surface area contributed by atoms with Crippen LogP contribution in [0.5, 0.6) is 0 Å². The summed E-state index contributed by atoms with van der Waals surface area (Å²) in [5.74, 6) is -0.158. The molecule has 0 amide bonds. The second kappa shape index (κ2) is 5.36. The summed E-state index contributed by atoms with van der Waals surface area (Å²) >= 11 is 0. The lowest BCUT2D eigenvalue weighted by Crippen LogP contribution is -2.29. The number of aromatic nitrogens is 3.